The normalized spacial score (nSPS) is 10.6. The number of aromatic carboxylic acids is 1. The summed E-state index contributed by atoms with van der Waals surface area (Å²) >= 11 is 0. The van der Waals surface area contributed by atoms with Crippen LogP contribution >= 0.6 is 0 Å². The molecule has 0 aliphatic heterocycles. The Kier molecular flexibility index (Phi) is 6.73. The minimum absolute atomic E-state index is 0.233. The number of benzene rings is 3. The van der Waals surface area contributed by atoms with Crippen molar-refractivity contribution in [1.29, 1.82) is 0 Å². The van der Waals surface area contributed by atoms with Crippen LogP contribution in [0.4, 0.5) is 5.69 Å². The molecule has 0 aliphatic rings. The fraction of sp³-hybridized carbons (Fsp3) is 0.148. The van der Waals surface area contributed by atoms with Gasteiger partial charge >= 0.3 is 5.97 Å². The Hall–Kier alpha value is -4.39. The number of aromatic nitrogens is 2. The maximum atomic E-state index is 12.9. The highest BCUT2D eigenvalue weighted by Gasteiger charge is 2.17. The molecule has 1 aromatic heterocycles. The number of carbonyl (C=O) groups excluding carboxylic acids is 1. The van der Waals surface area contributed by atoms with Gasteiger partial charge in [0.05, 0.1) is 29.2 Å². The fourth-order valence-electron chi connectivity index (χ4n) is 3.68. The zero-order valence-corrected chi connectivity index (χ0v) is 19.0. The standard InChI is InChI=1S/C27H25N3O4/c1-18-25(19(2)30(29-18)16-22-8-6-7-11-24(22)27(32)33)28-26(31)21-14-12-20(13-15-21)17-34-23-9-4-3-5-10-23/h3-15H,16-17H2,1-2H3,(H,28,31)(H,32,33). The summed E-state index contributed by atoms with van der Waals surface area (Å²) < 4.78 is 7.45. The highest BCUT2D eigenvalue weighted by molar-refractivity contribution is 6.04. The number of carbonyl (C=O) groups is 2. The van der Waals surface area contributed by atoms with E-state index < -0.39 is 5.97 Å². The lowest BCUT2D eigenvalue weighted by molar-refractivity contribution is 0.0695. The number of aryl methyl sites for hydroxylation is 1. The van der Waals surface area contributed by atoms with E-state index in [9.17, 15) is 14.7 Å². The van der Waals surface area contributed by atoms with Crippen molar-refractivity contribution in [2.75, 3.05) is 5.32 Å². The number of para-hydroxylation sites is 1. The van der Waals surface area contributed by atoms with Crippen LogP contribution in [0.2, 0.25) is 0 Å². The van der Waals surface area contributed by atoms with Crippen LogP contribution in [-0.4, -0.2) is 26.8 Å². The van der Waals surface area contributed by atoms with Crippen LogP contribution in [0.25, 0.3) is 0 Å². The average molecular weight is 456 g/mol. The van der Waals surface area contributed by atoms with E-state index in [1.165, 1.54) is 0 Å². The lowest BCUT2D eigenvalue weighted by atomic mass is 10.1. The van der Waals surface area contributed by atoms with Gasteiger partial charge in [0.1, 0.15) is 12.4 Å². The van der Waals surface area contributed by atoms with Crippen LogP contribution in [-0.2, 0) is 13.2 Å². The minimum Gasteiger partial charge on any atom is -0.489 e. The third-order valence-electron chi connectivity index (χ3n) is 5.55. The van der Waals surface area contributed by atoms with Crippen molar-refractivity contribution in [2.24, 2.45) is 0 Å². The summed E-state index contributed by atoms with van der Waals surface area (Å²) in [7, 11) is 0. The molecule has 0 aliphatic carbocycles. The Bertz CT molecular complexity index is 1310. The predicted molar refractivity (Wildman–Crippen MR) is 129 cm³/mol. The van der Waals surface area contributed by atoms with Crippen LogP contribution in [0.5, 0.6) is 5.75 Å². The maximum Gasteiger partial charge on any atom is 0.336 e. The van der Waals surface area contributed by atoms with Crippen LogP contribution in [0.3, 0.4) is 0 Å². The molecule has 0 bridgehead atoms. The highest BCUT2D eigenvalue weighted by atomic mass is 16.5. The van der Waals surface area contributed by atoms with Crippen molar-refractivity contribution in [2.45, 2.75) is 27.0 Å². The Morgan fingerprint density at radius 1 is 0.941 bits per heavy atom. The second-order valence-corrected chi connectivity index (χ2v) is 7.92. The lowest BCUT2D eigenvalue weighted by Gasteiger charge is -2.10. The van der Waals surface area contributed by atoms with Gasteiger partial charge in [-0.05, 0) is 55.3 Å². The largest absolute Gasteiger partial charge is 0.489 e. The molecule has 4 rings (SSSR count). The van der Waals surface area contributed by atoms with E-state index in [-0.39, 0.29) is 11.5 Å². The quantitative estimate of drug-likeness (QED) is 0.387. The van der Waals surface area contributed by atoms with E-state index in [2.05, 4.69) is 10.4 Å². The molecule has 34 heavy (non-hydrogen) atoms. The summed E-state index contributed by atoms with van der Waals surface area (Å²) in [5.41, 5.74) is 4.38. The van der Waals surface area contributed by atoms with Crippen LogP contribution < -0.4 is 10.1 Å². The molecule has 4 aromatic rings. The molecule has 0 atom stereocenters. The molecule has 172 valence electrons. The van der Waals surface area contributed by atoms with Gasteiger partial charge in [0.25, 0.3) is 5.91 Å². The van der Waals surface area contributed by atoms with Gasteiger partial charge in [-0.3, -0.25) is 9.48 Å². The fourth-order valence-corrected chi connectivity index (χ4v) is 3.68. The maximum absolute atomic E-state index is 12.9. The molecule has 3 aromatic carbocycles. The minimum atomic E-state index is -0.983. The zero-order chi connectivity index (χ0) is 24.1. The lowest BCUT2D eigenvalue weighted by Crippen LogP contribution is -2.14. The summed E-state index contributed by atoms with van der Waals surface area (Å²) in [6.07, 6.45) is 0. The van der Waals surface area contributed by atoms with E-state index >= 15 is 0 Å². The van der Waals surface area contributed by atoms with E-state index in [0.29, 0.717) is 35.7 Å². The van der Waals surface area contributed by atoms with E-state index in [1.54, 1.807) is 41.1 Å². The molecule has 2 N–H and O–H groups in total. The molecule has 1 amide bonds. The number of carboxylic acids is 1. The number of hydrogen-bond donors (Lipinski definition) is 2. The zero-order valence-electron chi connectivity index (χ0n) is 19.0. The smallest absolute Gasteiger partial charge is 0.336 e. The number of hydrogen-bond acceptors (Lipinski definition) is 4. The van der Waals surface area contributed by atoms with Crippen LogP contribution in [0, 0.1) is 13.8 Å². The molecule has 0 saturated carbocycles. The first kappa shape index (κ1) is 22.8. The number of carboxylic acid groups (broad SMARTS) is 1. The van der Waals surface area contributed by atoms with Crippen LogP contribution in [0.15, 0.2) is 78.9 Å². The second kappa shape index (κ2) is 10.0. The Morgan fingerprint density at radius 3 is 2.32 bits per heavy atom. The monoisotopic (exact) mass is 455 g/mol. The van der Waals surface area contributed by atoms with Gasteiger partial charge < -0.3 is 15.2 Å². The number of anilines is 1. The third kappa shape index (κ3) is 5.15. The number of rotatable bonds is 8. The summed E-state index contributed by atoms with van der Waals surface area (Å²) in [6, 6.07) is 23.6. The van der Waals surface area contributed by atoms with E-state index in [4.69, 9.17) is 4.74 Å². The summed E-state index contributed by atoms with van der Waals surface area (Å²) in [4.78, 5) is 24.4. The summed E-state index contributed by atoms with van der Waals surface area (Å²) in [6.45, 7) is 4.37. The Balaban J connectivity index is 1.44. The third-order valence-corrected chi connectivity index (χ3v) is 5.55. The van der Waals surface area contributed by atoms with Gasteiger partial charge in [-0.25, -0.2) is 4.79 Å². The summed E-state index contributed by atoms with van der Waals surface area (Å²) in [5.74, 6) is -0.436. The molecule has 0 radical (unpaired) electrons. The summed E-state index contributed by atoms with van der Waals surface area (Å²) in [5, 5.41) is 16.9. The van der Waals surface area contributed by atoms with Gasteiger partial charge in [0.2, 0.25) is 0 Å². The van der Waals surface area contributed by atoms with Crippen molar-refractivity contribution < 1.29 is 19.4 Å². The SMILES string of the molecule is Cc1nn(Cc2ccccc2C(=O)O)c(C)c1NC(=O)c1ccc(COc2ccccc2)cc1. The first-order chi connectivity index (χ1) is 16.4. The number of amides is 1. The van der Waals surface area contributed by atoms with Gasteiger partial charge in [0.15, 0.2) is 0 Å². The number of nitrogens with zero attached hydrogens (tertiary/aromatic N) is 2. The topological polar surface area (TPSA) is 93.5 Å². The molecule has 0 saturated heterocycles. The first-order valence-corrected chi connectivity index (χ1v) is 10.9. The van der Waals surface area contributed by atoms with Crippen molar-refractivity contribution in [3.8, 4) is 5.75 Å². The van der Waals surface area contributed by atoms with Crippen LogP contribution in [0.1, 0.15) is 43.2 Å². The van der Waals surface area contributed by atoms with Crippen molar-refractivity contribution in [3.05, 3.63) is 113 Å². The molecule has 0 spiro atoms. The Morgan fingerprint density at radius 2 is 1.62 bits per heavy atom. The van der Waals surface area contributed by atoms with Gasteiger partial charge in [0, 0.05) is 5.56 Å². The molecular formula is C27H25N3O4. The molecule has 7 heteroatoms. The van der Waals surface area contributed by atoms with E-state index in [0.717, 1.165) is 17.0 Å². The van der Waals surface area contributed by atoms with Gasteiger partial charge in [-0.2, -0.15) is 5.10 Å². The van der Waals surface area contributed by atoms with Crippen molar-refractivity contribution in [3.63, 3.8) is 0 Å². The molecule has 0 unspecified atom stereocenters. The van der Waals surface area contributed by atoms with Gasteiger partial charge in [-0.1, -0.05) is 48.5 Å². The van der Waals surface area contributed by atoms with Gasteiger partial charge in [-0.15, -0.1) is 0 Å². The van der Waals surface area contributed by atoms with E-state index in [1.807, 2.05) is 56.3 Å². The molecule has 7 nitrogen and oxygen atoms in total. The molecule has 1 heterocycles. The number of ether oxygens (including phenoxy) is 1. The second-order valence-electron chi connectivity index (χ2n) is 7.92. The highest BCUT2D eigenvalue weighted by Crippen LogP contribution is 2.22. The number of nitrogens with one attached hydrogen (secondary N) is 1. The molecular weight excluding hydrogens is 430 g/mol. The first-order valence-electron chi connectivity index (χ1n) is 10.9. The average Bonchev–Trinajstić information content (AvgIpc) is 3.11. The molecule has 0 fully saturated rings. The van der Waals surface area contributed by atoms with Crippen molar-refractivity contribution >= 4 is 17.6 Å². The Labute approximate surface area is 197 Å². The van der Waals surface area contributed by atoms with Crippen molar-refractivity contribution in [1.82, 2.24) is 9.78 Å². The predicted octanol–water partition coefficient (Wildman–Crippen LogP) is 5.08.